The first-order valence-electron chi connectivity index (χ1n) is 10.5. The molecule has 182 valence electrons. The molecular weight excluding hydrogens is 479 g/mol. The Balaban J connectivity index is 1.72. The van der Waals surface area contributed by atoms with Gasteiger partial charge in [-0.05, 0) is 17.7 Å². The Morgan fingerprint density at radius 1 is 1.11 bits per heavy atom. The number of benzene rings is 2. The van der Waals surface area contributed by atoms with Gasteiger partial charge in [0.05, 0.1) is 17.9 Å². The molecule has 0 aliphatic carbocycles. The maximum absolute atomic E-state index is 13.6. The number of nitrogens with zero attached hydrogens (tertiary/aromatic N) is 4. The molecule has 0 unspecified atom stereocenters. The van der Waals surface area contributed by atoms with Crippen LogP contribution >= 0.6 is 0 Å². The first-order chi connectivity index (χ1) is 17.3. The largest absolute Gasteiger partial charge is 0.482 e. The molecule has 0 radical (unpaired) electrons. The lowest BCUT2D eigenvalue weighted by atomic mass is 10.1. The van der Waals surface area contributed by atoms with Crippen molar-refractivity contribution in [2.24, 2.45) is 0 Å². The molecule has 0 saturated carbocycles. The van der Waals surface area contributed by atoms with Crippen molar-refractivity contribution in [2.45, 2.75) is 12.8 Å². The van der Waals surface area contributed by atoms with Crippen molar-refractivity contribution in [1.82, 2.24) is 19.6 Å². The summed E-state index contributed by atoms with van der Waals surface area (Å²) < 4.78 is 55.0. The summed E-state index contributed by atoms with van der Waals surface area (Å²) in [7, 11) is 1.42. The number of nitriles is 1. The minimum Gasteiger partial charge on any atom is -0.482 e. The molecule has 3 heterocycles. The number of nitrogens with one attached hydrogen (secondary N) is 1. The van der Waals surface area contributed by atoms with Gasteiger partial charge in [-0.3, -0.25) is 9.89 Å². The van der Waals surface area contributed by atoms with E-state index in [4.69, 9.17) is 13.9 Å². The summed E-state index contributed by atoms with van der Waals surface area (Å²) in [6, 6.07) is 15.3. The number of oxazole rings is 1. The van der Waals surface area contributed by atoms with Gasteiger partial charge in [-0.1, -0.05) is 36.4 Å². The first kappa shape index (κ1) is 23.1. The van der Waals surface area contributed by atoms with Gasteiger partial charge in [0.1, 0.15) is 23.1 Å². The van der Waals surface area contributed by atoms with Crippen LogP contribution in [0.2, 0.25) is 0 Å². The van der Waals surface area contributed by atoms with Crippen molar-refractivity contribution >= 4 is 16.7 Å². The topological polar surface area (TPSA) is 118 Å². The van der Waals surface area contributed by atoms with Gasteiger partial charge in [0.15, 0.2) is 23.4 Å². The van der Waals surface area contributed by atoms with Crippen LogP contribution in [0.3, 0.4) is 0 Å². The molecule has 0 aliphatic heterocycles. The van der Waals surface area contributed by atoms with E-state index in [1.54, 1.807) is 24.3 Å². The second-order valence-corrected chi connectivity index (χ2v) is 7.70. The van der Waals surface area contributed by atoms with Gasteiger partial charge in [-0.15, -0.1) is 0 Å². The van der Waals surface area contributed by atoms with Gasteiger partial charge >= 0.3 is 6.18 Å². The van der Waals surface area contributed by atoms with E-state index >= 15 is 0 Å². The fourth-order valence-electron chi connectivity index (χ4n) is 3.84. The fraction of sp³-hybridized carbons (Fsp3) is 0.167. The zero-order valence-electron chi connectivity index (χ0n) is 18.6. The van der Waals surface area contributed by atoms with Gasteiger partial charge in [0.25, 0.3) is 5.56 Å². The summed E-state index contributed by atoms with van der Waals surface area (Å²) in [6.45, 7) is -1.61. The number of H-pyrrole nitrogens is 1. The second-order valence-electron chi connectivity index (χ2n) is 7.70. The number of alkyl halides is 3. The number of ether oxygens (including phenoxy) is 2. The molecule has 0 amide bonds. The average Bonchev–Trinajstić information content (AvgIpc) is 3.45. The molecule has 0 fully saturated rings. The third kappa shape index (κ3) is 4.05. The third-order valence-electron chi connectivity index (χ3n) is 5.30. The highest BCUT2D eigenvalue weighted by molar-refractivity contribution is 5.84. The van der Waals surface area contributed by atoms with Crippen LogP contribution in [0, 0.1) is 11.3 Å². The second kappa shape index (κ2) is 8.86. The Kier molecular flexibility index (Phi) is 5.69. The average molecular weight is 495 g/mol. The maximum Gasteiger partial charge on any atom is 0.422 e. The molecule has 5 aromatic rings. The molecule has 0 spiro atoms. The van der Waals surface area contributed by atoms with E-state index in [0.717, 1.165) is 4.52 Å². The molecule has 0 aliphatic rings. The quantitative estimate of drug-likeness (QED) is 0.370. The number of aromatic nitrogens is 4. The Morgan fingerprint density at radius 3 is 2.58 bits per heavy atom. The molecule has 9 nitrogen and oxygen atoms in total. The van der Waals surface area contributed by atoms with Crippen LogP contribution in [0.15, 0.2) is 57.7 Å². The molecular formula is C24H16F3N5O4. The number of halogens is 3. The zero-order chi connectivity index (χ0) is 25.4. The minimum atomic E-state index is -4.54. The van der Waals surface area contributed by atoms with Crippen molar-refractivity contribution in [1.29, 1.82) is 5.26 Å². The summed E-state index contributed by atoms with van der Waals surface area (Å²) in [5, 5.41) is 12.5. The molecule has 3 aromatic heterocycles. The Morgan fingerprint density at radius 2 is 1.89 bits per heavy atom. The van der Waals surface area contributed by atoms with E-state index in [1.165, 1.54) is 25.3 Å². The normalized spacial score (nSPS) is 11.8. The summed E-state index contributed by atoms with van der Waals surface area (Å²) in [5.41, 5.74) is 1.02. The third-order valence-corrected chi connectivity index (χ3v) is 5.30. The lowest BCUT2D eigenvalue weighted by molar-refractivity contribution is -0.153. The number of hydrogen-bond donors (Lipinski definition) is 1. The van der Waals surface area contributed by atoms with Crippen molar-refractivity contribution in [2.75, 3.05) is 13.7 Å². The SMILES string of the molecule is COCc1nc2c(-c3ccccc3)c(C#N)[nH]n2c(=O)c1-c1nc2c(OCC(F)(F)F)cccc2o1. The summed E-state index contributed by atoms with van der Waals surface area (Å²) in [5.74, 6) is -0.332. The van der Waals surface area contributed by atoms with Gasteiger partial charge in [-0.2, -0.15) is 22.9 Å². The molecule has 0 atom stereocenters. The maximum atomic E-state index is 13.6. The Hall–Kier alpha value is -4.63. The smallest absolute Gasteiger partial charge is 0.422 e. The summed E-state index contributed by atoms with van der Waals surface area (Å²) in [6.07, 6.45) is -4.54. The Labute approximate surface area is 200 Å². The Bertz CT molecular complexity index is 1680. The highest BCUT2D eigenvalue weighted by Crippen LogP contribution is 2.33. The van der Waals surface area contributed by atoms with E-state index in [1.807, 2.05) is 12.1 Å². The van der Waals surface area contributed by atoms with Gasteiger partial charge < -0.3 is 13.9 Å². The number of rotatable bonds is 6. The number of methoxy groups -OCH3 is 1. The van der Waals surface area contributed by atoms with Crippen molar-refractivity contribution in [3.63, 3.8) is 0 Å². The van der Waals surface area contributed by atoms with Crippen LogP contribution in [0.1, 0.15) is 11.4 Å². The summed E-state index contributed by atoms with van der Waals surface area (Å²) >= 11 is 0. The number of fused-ring (bicyclic) bond motifs is 2. The lowest BCUT2D eigenvalue weighted by Gasteiger charge is -2.08. The highest BCUT2D eigenvalue weighted by atomic mass is 19.4. The van der Waals surface area contributed by atoms with E-state index in [9.17, 15) is 23.2 Å². The van der Waals surface area contributed by atoms with Gasteiger partial charge in [0.2, 0.25) is 5.89 Å². The predicted molar refractivity (Wildman–Crippen MR) is 121 cm³/mol. The summed E-state index contributed by atoms with van der Waals surface area (Å²) in [4.78, 5) is 22.4. The number of aromatic amines is 1. The van der Waals surface area contributed by atoms with E-state index in [-0.39, 0.29) is 51.9 Å². The molecule has 0 bridgehead atoms. The number of hydrogen-bond acceptors (Lipinski definition) is 7. The van der Waals surface area contributed by atoms with Crippen LogP contribution in [-0.2, 0) is 11.3 Å². The molecule has 1 N–H and O–H groups in total. The van der Waals surface area contributed by atoms with Crippen LogP contribution in [-0.4, -0.2) is 39.5 Å². The van der Waals surface area contributed by atoms with Gasteiger partial charge in [0, 0.05) is 7.11 Å². The van der Waals surface area contributed by atoms with Crippen molar-refractivity contribution < 1.29 is 27.1 Å². The highest BCUT2D eigenvalue weighted by Gasteiger charge is 2.30. The van der Waals surface area contributed by atoms with Crippen LogP contribution in [0.5, 0.6) is 5.75 Å². The van der Waals surface area contributed by atoms with Crippen LogP contribution in [0.25, 0.3) is 39.3 Å². The number of para-hydroxylation sites is 1. The molecule has 12 heteroatoms. The van der Waals surface area contributed by atoms with Crippen LogP contribution in [0.4, 0.5) is 13.2 Å². The molecule has 0 saturated heterocycles. The molecule has 2 aromatic carbocycles. The van der Waals surface area contributed by atoms with Crippen LogP contribution < -0.4 is 10.3 Å². The molecule has 5 rings (SSSR count). The standard InChI is InChI=1S/C24H16F3N5O4/c1-34-11-15-19(22-30-20-16(35-12-24(25,26)27)8-5-9-17(20)36-22)23(33)32-21(29-15)18(14(10-28)31-32)13-6-3-2-4-7-13/h2-9,31H,11-12H2,1H3. The fourth-order valence-corrected chi connectivity index (χ4v) is 3.84. The van der Waals surface area contributed by atoms with E-state index in [2.05, 4.69) is 15.1 Å². The van der Waals surface area contributed by atoms with Gasteiger partial charge in [-0.25, -0.2) is 9.97 Å². The zero-order valence-corrected chi connectivity index (χ0v) is 18.6. The van der Waals surface area contributed by atoms with Crippen molar-refractivity contribution in [3.05, 3.63) is 70.3 Å². The van der Waals surface area contributed by atoms with E-state index in [0.29, 0.717) is 11.1 Å². The molecule has 36 heavy (non-hydrogen) atoms. The van der Waals surface area contributed by atoms with Crippen molar-refractivity contribution in [3.8, 4) is 34.4 Å². The lowest BCUT2D eigenvalue weighted by Crippen LogP contribution is -2.21. The minimum absolute atomic E-state index is 0.0128. The first-order valence-corrected chi connectivity index (χ1v) is 10.5. The van der Waals surface area contributed by atoms with E-state index < -0.39 is 18.3 Å². The predicted octanol–water partition coefficient (Wildman–Crippen LogP) is 4.46. The monoisotopic (exact) mass is 495 g/mol.